The first-order valence-corrected chi connectivity index (χ1v) is 9.80. The molecule has 1 aliphatic heterocycles. The lowest BCUT2D eigenvalue weighted by atomic mass is 9.91. The van der Waals surface area contributed by atoms with Crippen molar-refractivity contribution in [1.29, 1.82) is 0 Å². The maximum absolute atomic E-state index is 12.3. The number of benzene rings is 1. The zero-order valence-corrected chi connectivity index (χ0v) is 17.2. The molecule has 0 saturated heterocycles. The molecule has 0 fully saturated rings. The van der Waals surface area contributed by atoms with Crippen molar-refractivity contribution in [2.75, 3.05) is 7.11 Å². The first-order chi connectivity index (χ1) is 12.8. The fraction of sp³-hybridized carbons (Fsp3) is 0.522. The van der Waals surface area contributed by atoms with Crippen LogP contribution >= 0.6 is 0 Å². The number of esters is 1. The van der Waals surface area contributed by atoms with Gasteiger partial charge in [-0.25, -0.2) is 4.79 Å². The second-order valence-corrected chi connectivity index (χ2v) is 7.69. The summed E-state index contributed by atoms with van der Waals surface area (Å²) in [6, 6.07) is 1.90. The monoisotopic (exact) mass is 372 g/mol. The number of carbonyl (C=O) groups is 1. The standard InChI is InChI=1S/C23H32O4/c1-6-7-8-11-17-15-19-18(21(24)20(17)22(25)26-5)12-14-23(4,27-19)13-9-10-16(2)3/h10,12,14-15,24H,6-9,11,13H2,1-5H3. The number of unbranched alkanes of at least 4 members (excludes halogenated alkanes) is 2. The van der Waals surface area contributed by atoms with E-state index in [9.17, 15) is 9.90 Å². The summed E-state index contributed by atoms with van der Waals surface area (Å²) in [5.41, 5.74) is 2.45. The Labute approximate surface area is 162 Å². The highest BCUT2D eigenvalue weighted by atomic mass is 16.5. The Morgan fingerprint density at radius 1 is 1.33 bits per heavy atom. The Hall–Kier alpha value is -2.23. The molecule has 0 radical (unpaired) electrons. The molecule has 2 rings (SSSR count). The van der Waals surface area contributed by atoms with Crippen molar-refractivity contribution in [3.8, 4) is 11.5 Å². The third-order valence-corrected chi connectivity index (χ3v) is 4.96. The Morgan fingerprint density at radius 2 is 2.07 bits per heavy atom. The molecule has 1 heterocycles. The summed E-state index contributed by atoms with van der Waals surface area (Å²) in [7, 11) is 1.34. The van der Waals surface area contributed by atoms with Gasteiger partial charge in [-0.3, -0.25) is 0 Å². The van der Waals surface area contributed by atoms with Crippen molar-refractivity contribution >= 4 is 12.0 Å². The van der Waals surface area contributed by atoms with Gasteiger partial charge >= 0.3 is 5.97 Å². The average molecular weight is 373 g/mol. The number of aromatic hydroxyl groups is 1. The molecule has 1 aliphatic rings. The van der Waals surface area contributed by atoms with Crippen molar-refractivity contribution in [3.63, 3.8) is 0 Å². The molecule has 1 unspecified atom stereocenters. The van der Waals surface area contributed by atoms with Gasteiger partial charge in [-0.15, -0.1) is 0 Å². The molecular weight excluding hydrogens is 340 g/mol. The first-order valence-electron chi connectivity index (χ1n) is 9.80. The van der Waals surface area contributed by atoms with E-state index in [2.05, 4.69) is 26.8 Å². The number of aryl methyl sites for hydroxylation is 1. The van der Waals surface area contributed by atoms with E-state index in [1.54, 1.807) is 0 Å². The molecule has 1 atom stereocenters. The average Bonchev–Trinajstić information content (AvgIpc) is 2.60. The largest absolute Gasteiger partial charge is 0.506 e. The normalized spacial score (nSPS) is 17.8. The van der Waals surface area contributed by atoms with Crippen LogP contribution in [0.2, 0.25) is 0 Å². The van der Waals surface area contributed by atoms with E-state index in [0.717, 1.165) is 37.7 Å². The Balaban J connectivity index is 2.37. The molecule has 0 bridgehead atoms. The highest BCUT2D eigenvalue weighted by molar-refractivity contribution is 5.96. The van der Waals surface area contributed by atoms with Crippen LogP contribution in [0.5, 0.6) is 11.5 Å². The first kappa shape index (κ1) is 21.1. The Kier molecular flexibility index (Phi) is 7.11. The van der Waals surface area contributed by atoms with Gasteiger partial charge in [0.15, 0.2) is 0 Å². The number of ether oxygens (including phenoxy) is 2. The number of carbonyl (C=O) groups excluding carboxylic acids is 1. The van der Waals surface area contributed by atoms with Crippen molar-refractivity contribution in [3.05, 3.63) is 40.5 Å². The summed E-state index contributed by atoms with van der Waals surface area (Å²) in [6.07, 6.45) is 11.6. The van der Waals surface area contributed by atoms with Crippen LogP contribution in [0.4, 0.5) is 0 Å². The molecule has 0 aromatic heterocycles. The third-order valence-electron chi connectivity index (χ3n) is 4.96. The van der Waals surface area contributed by atoms with Gasteiger partial charge in [-0.2, -0.15) is 0 Å². The molecule has 0 saturated carbocycles. The second kappa shape index (κ2) is 9.12. The summed E-state index contributed by atoms with van der Waals surface area (Å²) < 4.78 is 11.2. The van der Waals surface area contributed by atoms with Gasteiger partial charge in [0.2, 0.25) is 0 Å². The van der Waals surface area contributed by atoms with Crippen LogP contribution in [-0.2, 0) is 11.2 Å². The maximum atomic E-state index is 12.3. The van der Waals surface area contributed by atoms with Crippen molar-refractivity contribution in [2.45, 2.75) is 71.8 Å². The molecule has 1 aromatic carbocycles. The molecule has 0 aliphatic carbocycles. The highest BCUT2D eigenvalue weighted by Crippen LogP contribution is 2.42. The Morgan fingerprint density at radius 3 is 2.70 bits per heavy atom. The van der Waals surface area contributed by atoms with E-state index in [-0.39, 0.29) is 11.3 Å². The van der Waals surface area contributed by atoms with E-state index in [1.165, 1.54) is 12.7 Å². The molecule has 1 N–H and O–H groups in total. The van der Waals surface area contributed by atoms with Gasteiger partial charge in [-0.1, -0.05) is 31.4 Å². The number of hydrogen-bond donors (Lipinski definition) is 1. The number of methoxy groups -OCH3 is 1. The minimum atomic E-state index is -0.507. The van der Waals surface area contributed by atoms with Crippen LogP contribution in [0.25, 0.3) is 6.08 Å². The second-order valence-electron chi connectivity index (χ2n) is 7.69. The zero-order valence-electron chi connectivity index (χ0n) is 17.2. The van der Waals surface area contributed by atoms with Crippen LogP contribution in [0.1, 0.15) is 81.3 Å². The fourth-order valence-electron chi connectivity index (χ4n) is 3.38. The number of allylic oxidation sites excluding steroid dienone is 2. The summed E-state index contributed by atoms with van der Waals surface area (Å²) in [5.74, 6) is 0.0781. The van der Waals surface area contributed by atoms with Crippen LogP contribution < -0.4 is 4.74 Å². The summed E-state index contributed by atoms with van der Waals surface area (Å²) in [6.45, 7) is 8.36. The molecular formula is C23H32O4. The van der Waals surface area contributed by atoms with Gasteiger partial charge in [0.25, 0.3) is 0 Å². The van der Waals surface area contributed by atoms with Gasteiger partial charge < -0.3 is 14.6 Å². The lowest BCUT2D eigenvalue weighted by molar-refractivity contribution is 0.0595. The Bertz CT molecular complexity index is 741. The van der Waals surface area contributed by atoms with E-state index < -0.39 is 11.6 Å². The molecule has 1 aromatic rings. The number of rotatable bonds is 8. The van der Waals surface area contributed by atoms with Gasteiger partial charge in [0.05, 0.1) is 12.7 Å². The van der Waals surface area contributed by atoms with Gasteiger partial charge in [0, 0.05) is 0 Å². The van der Waals surface area contributed by atoms with Crippen LogP contribution in [0.15, 0.2) is 23.8 Å². The lowest BCUT2D eigenvalue weighted by Crippen LogP contribution is -2.32. The zero-order chi connectivity index (χ0) is 20.0. The van der Waals surface area contributed by atoms with E-state index >= 15 is 0 Å². The molecule has 4 heteroatoms. The highest BCUT2D eigenvalue weighted by Gasteiger charge is 2.31. The summed E-state index contributed by atoms with van der Waals surface area (Å²) >= 11 is 0. The van der Waals surface area contributed by atoms with E-state index in [4.69, 9.17) is 9.47 Å². The number of phenolic OH excluding ortho intramolecular Hbond substituents is 1. The minimum absolute atomic E-state index is 0.0477. The van der Waals surface area contributed by atoms with Crippen LogP contribution in [0.3, 0.4) is 0 Å². The predicted molar refractivity (Wildman–Crippen MR) is 109 cm³/mol. The summed E-state index contributed by atoms with van der Waals surface area (Å²) in [4.78, 5) is 12.3. The van der Waals surface area contributed by atoms with Crippen molar-refractivity contribution in [2.24, 2.45) is 0 Å². The quantitative estimate of drug-likeness (QED) is 0.355. The molecule has 4 nitrogen and oxygen atoms in total. The molecule has 27 heavy (non-hydrogen) atoms. The van der Waals surface area contributed by atoms with Crippen molar-refractivity contribution in [1.82, 2.24) is 0 Å². The molecule has 0 spiro atoms. The number of fused-ring (bicyclic) bond motifs is 1. The lowest BCUT2D eigenvalue weighted by Gasteiger charge is -2.32. The van der Waals surface area contributed by atoms with Crippen molar-refractivity contribution < 1.29 is 19.4 Å². The maximum Gasteiger partial charge on any atom is 0.341 e. The van der Waals surface area contributed by atoms with Crippen LogP contribution in [-0.4, -0.2) is 23.8 Å². The molecule has 148 valence electrons. The third kappa shape index (κ3) is 5.15. The summed E-state index contributed by atoms with van der Waals surface area (Å²) in [5, 5.41) is 10.8. The smallest absolute Gasteiger partial charge is 0.341 e. The number of hydrogen-bond acceptors (Lipinski definition) is 4. The van der Waals surface area contributed by atoms with E-state index in [1.807, 2.05) is 25.1 Å². The topological polar surface area (TPSA) is 55.8 Å². The predicted octanol–water partition coefficient (Wildman–Crippen LogP) is 5.82. The van der Waals surface area contributed by atoms with Gasteiger partial charge in [0.1, 0.15) is 22.7 Å². The number of phenols is 1. The van der Waals surface area contributed by atoms with Crippen LogP contribution in [0, 0.1) is 0 Å². The fourth-order valence-corrected chi connectivity index (χ4v) is 3.38. The van der Waals surface area contributed by atoms with Gasteiger partial charge in [-0.05, 0) is 70.2 Å². The van der Waals surface area contributed by atoms with E-state index in [0.29, 0.717) is 17.7 Å². The molecule has 0 amide bonds. The minimum Gasteiger partial charge on any atom is -0.506 e. The SMILES string of the molecule is CCCCCc1cc2c(c(O)c1C(=O)OC)C=CC(C)(CCC=C(C)C)O2.